The van der Waals surface area contributed by atoms with Crippen LogP contribution in [0.15, 0.2) is 24.3 Å². The highest BCUT2D eigenvalue weighted by Crippen LogP contribution is 2.16. The van der Waals surface area contributed by atoms with Crippen LogP contribution in [0.1, 0.15) is 56.8 Å². The Bertz CT molecular complexity index is 404. The molecule has 3 heteroatoms. The monoisotopic (exact) mass is 277 g/mol. The molecule has 1 aromatic carbocycles. The topological polar surface area (TPSA) is 38.3 Å². The highest BCUT2D eigenvalue weighted by atomic mass is 16.5. The summed E-state index contributed by atoms with van der Waals surface area (Å²) in [6, 6.07) is 7.41. The molecule has 0 bridgehead atoms. The highest BCUT2D eigenvalue weighted by Gasteiger charge is 2.07. The van der Waals surface area contributed by atoms with Crippen LogP contribution >= 0.6 is 0 Å². The Morgan fingerprint density at radius 2 is 2.10 bits per heavy atom. The molecule has 0 spiro atoms. The van der Waals surface area contributed by atoms with E-state index in [0.29, 0.717) is 24.6 Å². The Hall–Kier alpha value is -1.51. The smallest absolute Gasteiger partial charge is 0.251 e. The maximum atomic E-state index is 11.9. The molecule has 1 amide bonds. The zero-order valence-electron chi connectivity index (χ0n) is 12.9. The summed E-state index contributed by atoms with van der Waals surface area (Å²) >= 11 is 0. The van der Waals surface area contributed by atoms with Crippen LogP contribution in [-0.4, -0.2) is 19.1 Å². The summed E-state index contributed by atoms with van der Waals surface area (Å²) in [5.41, 5.74) is 0.664. The molecule has 1 rings (SSSR count). The first kappa shape index (κ1) is 16.5. The van der Waals surface area contributed by atoms with Crippen molar-refractivity contribution in [2.75, 3.05) is 13.2 Å². The maximum absolute atomic E-state index is 11.9. The molecule has 3 nitrogen and oxygen atoms in total. The molecule has 20 heavy (non-hydrogen) atoms. The van der Waals surface area contributed by atoms with Gasteiger partial charge in [-0.1, -0.05) is 39.7 Å². The van der Waals surface area contributed by atoms with Crippen LogP contribution in [0.3, 0.4) is 0 Å². The minimum Gasteiger partial charge on any atom is -0.493 e. The third kappa shape index (κ3) is 6.09. The summed E-state index contributed by atoms with van der Waals surface area (Å²) in [4.78, 5) is 11.9. The lowest BCUT2D eigenvalue weighted by Crippen LogP contribution is -2.23. The third-order valence-corrected chi connectivity index (χ3v) is 3.22. The van der Waals surface area contributed by atoms with Gasteiger partial charge in [0, 0.05) is 12.1 Å². The number of hydrogen-bond acceptors (Lipinski definition) is 2. The van der Waals surface area contributed by atoms with Gasteiger partial charge in [0.05, 0.1) is 6.61 Å². The van der Waals surface area contributed by atoms with Crippen molar-refractivity contribution in [1.29, 1.82) is 0 Å². The number of hydrogen-bond donors (Lipinski definition) is 1. The number of carbonyl (C=O) groups excluding carboxylic acids is 1. The first-order chi connectivity index (χ1) is 9.67. The lowest BCUT2D eigenvalue weighted by Gasteiger charge is -2.13. The van der Waals surface area contributed by atoms with Crippen molar-refractivity contribution in [2.45, 2.75) is 46.5 Å². The summed E-state index contributed by atoms with van der Waals surface area (Å²) in [6.45, 7) is 7.86. The van der Waals surface area contributed by atoms with Crippen molar-refractivity contribution in [3.05, 3.63) is 29.8 Å². The lowest BCUT2D eigenvalue weighted by molar-refractivity contribution is 0.0953. The van der Waals surface area contributed by atoms with Gasteiger partial charge in [0.25, 0.3) is 5.91 Å². The Morgan fingerprint density at radius 3 is 2.80 bits per heavy atom. The van der Waals surface area contributed by atoms with E-state index in [9.17, 15) is 4.79 Å². The van der Waals surface area contributed by atoms with E-state index in [1.54, 1.807) is 0 Å². The maximum Gasteiger partial charge on any atom is 0.251 e. The normalized spacial score (nSPS) is 11.9. The van der Waals surface area contributed by atoms with Crippen LogP contribution in [0, 0.1) is 5.92 Å². The summed E-state index contributed by atoms with van der Waals surface area (Å²) in [5.74, 6) is 1.29. The Morgan fingerprint density at radius 1 is 1.30 bits per heavy atom. The molecule has 1 unspecified atom stereocenters. The summed E-state index contributed by atoms with van der Waals surface area (Å²) in [6.07, 6.45) is 4.59. The molecule has 0 fully saturated rings. The van der Waals surface area contributed by atoms with E-state index in [2.05, 4.69) is 19.2 Å². The third-order valence-electron chi connectivity index (χ3n) is 3.22. The minimum absolute atomic E-state index is 0.0312. The predicted octanol–water partition coefficient (Wildman–Crippen LogP) is 4.03. The number of rotatable bonds is 9. The Labute approximate surface area is 122 Å². The molecule has 0 heterocycles. The molecule has 0 aromatic heterocycles. The van der Waals surface area contributed by atoms with Crippen LogP contribution in [0.4, 0.5) is 0 Å². The van der Waals surface area contributed by atoms with Crippen molar-refractivity contribution < 1.29 is 9.53 Å². The van der Waals surface area contributed by atoms with Crippen LogP contribution in [0.2, 0.25) is 0 Å². The molecule has 0 radical (unpaired) electrons. The zero-order valence-corrected chi connectivity index (χ0v) is 12.9. The van der Waals surface area contributed by atoms with E-state index in [-0.39, 0.29) is 5.91 Å². The Balaban J connectivity index is 2.49. The quantitative estimate of drug-likeness (QED) is 0.740. The predicted molar refractivity (Wildman–Crippen MR) is 83.3 cm³/mol. The van der Waals surface area contributed by atoms with Crippen LogP contribution in [0.25, 0.3) is 0 Å². The second kappa shape index (κ2) is 9.40. The number of benzene rings is 1. The second-order valence-corrected chi connectivity index (χ2v) is 5.34. The van der Waals surface area contributed by atoms with Crippen LogP contribution in [-0.2, 0) is 0 Å². The van der Waals surface area contributed by atoms with Gasteiger partial charge in [-0.15, -0.1) is 0 Å². The molecule has 0 aliphatic rings. The van der Waals surface area contributed by atoms with Gasteiger partial charge in [-0.05, 0) is 37.0 Å². The number of unbranched alkanes of at least 4 members (excludes halogenated alkanes) is 1. The number of ether oxygens (including phenoxy) is 1. The van der Waals surface area contributed by atoms with E-state index in [0.717, 1.165) is 12.2 Å². The van der Waals surface area contributed by atoms with E-state index < -0.39 is 0 Å². The van der Waals surface area contributed by atoms with E-state index in [4.69, 9.17) is 4.74 Å². The van der Waals surface area contributed by atoms with Crippen molar-refractivity contribution in [2.24, 2.45) is 5.92 Å². The second-order valence-electron chi connectivity index (χ2n) is 5.34. The fourth-order valence-corrected chi connectivity index (χ4v) is 1.94. The van der Waals surface area contributed by atoms with Gasteiger partial charge in [0.1, 0.15) is 5.75 Å². The molecule has 0 saturated heterocycles. The summed E-state index contributed by atoms with van der Waals surface area (Å²) in [5, 5.41) is 2.87. The SMILES string of the molecule is CCCCC(C)COc1cccc(C(=O)NCCC)c1. The first-order valence-corrected chi connectivity index (χ1v) is 7.68. The van der Waals surface area contributed by atoms with Crippen molar-refractivity contribution in [3.63, 3.8) is 0 Å². The number of amides is 1. The molecule has 0 aliphatic heterocycles. The first-order valence-electron chi connectivity index (χ1n) is 7.68. The largest absolute Gasteiger partial charge is 0.493 e. The van der Waals surface area contributed by atoms with E-state index >= 15 is 0 Å². The molecule has 1 aromatic rings. The number of carbonyl (C=O) groups is 1. The summed E-state index contributed by atoms with van der Waals surface area (Å²) in [7, 11) is 0. The molecule has 0 saturated carbocycles. The van der Waals surface area contributed by atoms with Crippen LogP contribution in [0.5, 0.6) is 5.75 Å². The molecular weight excluding hydrogens is 250 g/mol. The summed E-state index contributed by atoms with van der Waals surface area (Å²) < 4.78 is 5.78. The Kier molecular flexibility index (Phi) is 7.78. The highest BCUT2D eigenvalue weighted by molar-refractivity contribution is 5.94. The molecule has 1 atom stereocenters. The van der Waals surface area contributed by atoms with Crippen molar-refractivity contribution >= 4 is 5.91 Å². The minimum atomic E-state index is -0.0312. The van der Waals surface area contributed by atoms with Gasteiger partial charge in [0.2, 0.25) is 0 Å². The lowest BCUT2D eigenvalue weighted by atomic mass is 10.1. The van der Waals surface area contributed by atoms with Gasteiger partial charge in [-0.25, -0.2) is 0 Å². The average Bonchev–Trinajstić information content (AvgIpc) is 2.48. The average molecular weight is 277 g/mol. The fraction of sp³-hybridized carbons (Fsp3) is 0.588. The number of nitrogens with one attached hydrogen (secondary N) is 1. The fourth-order valence-electron chi connectivity index (χ4n) is 1.94. The van der Waals surface area contributed by atoms with Crippen molar-refractivity contribution in [1.82, 2.24) is 5.32 Å². The van der Waals surface area contributed by atoms with Gasteiger partial charge in [0.15, 0.2) is 0 Å². The van der Waals surface area contributed by atoms with E-state index in [1.807, 2.05) is 31.2 Å². The van der Waals surface area contributed by atoms with Crippen molar-refractivity contribution in [3.8, 4) is 5.75 Å². The molecule has 112 valence electrons. The van der Waals surface area contributed by atoms with Gasteiger partial charge < -0.3 is 10.1 Å². The molecule has 1 N–H and O–H groups in total. The van der Waals surface area contributed by atoms with E-state index in [1.165, 1.54) is 19.3 Å². The molecule has 0 aliphatic carbocycles. The molecular formula is C17H27NO2. The van der Waals surface area contributed by atoms with Gasteiger partial charge >= 0.3 is 0 Å². The standard InChI is InChI=1S/C17H27NO2/c1-4-6-8-14(3)13-20-16-10-7-9-15(12-16)17(19)18-11-5-2/h7,9-10,12,14H,4-6,8,11,13H2,1-3H3,(H,18,19). The van der Waals surface area contributed by atoms with Gasteiger partial charge in [-0.3, -0.25) is 4.79 Å². The van der Waals surface area contributed by atoms with Gasteiger partial charge in [-0.2, -0.15) is 0 Å². The van der Waals surface area contributed by atoms with Crippen LogP contribution < -0.4 is 10.1 Å². The zero-order chi connectivity index (χ0) is 14.8.